The SMILES string of the molecule is CCCN(Cc1ccc(Oc2ccccc2)cc1)C(=O)[C@H]1[C@@H](C(N)=O)[C@H](C(=O)O)[C@@H]1C(=O)N(CCC)Cc1ccc(Oc2ccccc2)cc1. The van der Waals surface area contributed by atoms with Gasteiger partial charge in [-0.1, -0.05) is 74.5 Å². The number of hydrogen-bond acceptors (Lipinski definition) is 6. The minimum atomic E-state index is -1.41. The van der Waals surface area contributed by atoms with E-state index in [4.69, 9.17) is 15.2 Å². The molecule has 5 rings (SSSR count). The minimum Gasteiger partial charge on any atom is -0.481 e. The average Bonchev–Trinajstić information content (AvgIpc) is 3.09. The molecule has 0 radical (unpaired) electrons. The lowest BCUT2D eigenvalue weighted by Crippen LogP contribution is -2.65. The van der Waals surface area contributed by atoms with E-state index in [-0.39, 0.29) is 13.1 Å². The van der Waals surface area contributed by atoms with Crippen LogP contribution in [0.5, 0.6) is 23.0 Å². The van der Waals surface area contributed by atoms with Gasteiger partial charge >= 0.3 is 5.97 Å². The number of rotatable bonds is 16. The highest BCUT2D eigenvalue weighted by Gasteiger charge is 2.64. The Bertz CT molecular complexity index is 1620. The number of carboxylic acid groups (broad SMARTS) is 1. The second kappa shape index (κ2) is 16.6. The number of para-hydroxylation sites is 2. The number of aliphatic carboxylic acids is 1. The van der Waals surface area contributed by atoms with Crippen molar-refractivity contribution in [2.24, 2.45) is 29.4 Å². The quantitative estimate of drug-likeness (QED) is 0.138. The Labute approximate surface area is 292 Å². The number of carbonyl (C=O) groups is 4. The molecule has 1 saturated carbocycles. The number of carboxylic acids is 1. The molecule has 1 fully saturated rings. The fourth-order valence-corrected chi connectivity index (χ4v) is 6.54. The lowest BCUT2D eigenvalue weighted by atomic mass is 9.55. The van der Waals surface area contributed by atoms with E-state index >= 15 is 0 Å². The van der Waals surface area contributed by atoms with Crippen LogP contribution in [0, 0.1) is 23.7 Å². The molecule has 0 bridgehead atoms. The van der Waals surface area contributed by atoms with E-state index in [9.17, 15) is 24.3 Å². The number of ether oxygens (including phenoxy) is 2. The molecule has 1 aliphatic carbocycles. The summed E-state index contributed by atoms with van der Waals surface area (Å²) >= 11 is 0. The molecule has 0 aliphatic heterocycles. The number of nitrogens with zero attached hydrogens (tertiary/aromatic N) is 2. The highest BCUT2D eigenvalue weighted by molar-refractivity contribution is 6.00. The summed E-state index contributed by atoms with van der Waals surface area (Å²) in [6.07, 6.45) is 1.22. The van der Waals surface area contributed by atoms with Gasteiger partial charge in [0, 0.05) is 26.2 Å². The van der Waals surface area contributed by atoms with Crippen molar-refractivity contribution in [3.63, 3.8) is 0 Å². The van der Waals surface area contributed by atoms with Crippen LogP contribution in [0.3, 0.4) is 0 Å². The van der Waals surface area contributed by atoms with Crippen molar-refractivity contribution in [3.8, 4) is 23.0 Å². The van der Waals surface area contributed by atoms with Crippen LogP contribution in [0.4, 0.5) is 0 Å². The third-order valence-corrected chi connectivity index (χ3v) is 8.89. The number of primary amides is 1. The van der Waals surface area contributed by atoms with Crippen molar-refractivity contribution >= 4 is 23.7 Å². The Morgan fingerprint density at radius 3 is 1.26 bits per heavy atom. The van der Waals surface area contributed by atoms with Crippen LogP contribution in [0.25, 0.3) is 0 Å². The molecule has 4 atom stereocenters. The fraction of sp³-hybridized carbons (Fsp3) is 0.300. The van der Waals surface area contributed by atoms with E-state index in [1.54, 1.807) is 21.9 Å². The fourth-order valence-electron chi connectivity index (χ4n) is 6.54. The van der Waals surface area contributed by atoms with Crippen molar-refractivity contribution in [2.75, 3.05) is 13.1 Å². The molecule has 0 saturated heterocycles. The summed E-state index contributed by atoms with van der Waals surface area (Å²) in [5.41, 5.74) is 7.34. The minimum absolute atomic E-state index is 0.194. The van der Waals surface area contributed by atoms with Gasteiger partial charge in [0.15, 0.2) is 0 Å². The van der Waals surface area contributed by atoms with E-state index in [0.29, 0.717) is 48.9 Å². The van der Waals surface area contributed by atoms with Crippen LogP contribution in [0.15, 0.2) is 109 Å². The number of amides is 3. The molecule has 10 nitrogen and oxygen atoms in total. The molecule has 50 heavy (non-hydrogen) atoms. The summed E-state index contributed by atoms with van der Waals surface area (Å²) in [5.74, 6) is -5.71. The number of carbonyl (C=O) groups excluding carboxylic acids is 3. The van der Waals surface area contributed by atoms with Gasteiger partial charge in [-0.2, -0.15) is 0 Å². The smallest absolute Gasteiger partial charge is 0.308 e. The first kappa shape index (κ1) is 35.7. The largest absolute Gasteiger partial charge is 0.481 e. The Morgan fingerprint density at radius 2 is 0.920 bits per heavy atom. The zero-order chi connectivity index (χ0) is 35.6. The highest BCUT2D eigenvalue weighted by atomic mass is 16.5. The molecule has 0 unspecified atom stereocenters. The summed E-state index contributed by atoms with van der Waals surface area (Å²) < 4.78 is 11.8. The van der Waals surface area contributed by atoms with E-state index in [2.05, 4.69) is 0 Å². The first-order valence-electron chi connectivity index (χ1n) is 16.9. The Kier molecular flexibility index (Phi) is 11.9. The number of hydrogen-bond donors (Lipinski definition) is 2. The summed E-state index contributed by atoms with van der Waals surface area (Å²) in [4.78, 5) is 56.9. The number of benzene rings is 4. The number of nitrogens with two attached hydrogens (primary N) is 1. The lowest BCUT2D eigenvalue weighted by Gasteiger charge is -2.49. The lowest BCUT2D eigenvalue weighted by molar-refractivity contribution is -0.181. The molecule has 3 N–H and O–H groups in total. The van der Waals surface area contributed by atoms with Gasteiger partial charge in [0.1, 0.15) is 23.0 Å². The Morgan fingerprint density at radius 1 is 0.560 bits per heavy atom. The first-order chi connectivity index (χ1) is 24.2. The normalized spacial score (nSPS) is 18.0. The zero-order valence-corrected chi connectivity index (χ0v) is 28.3. The summed E-state index contributed by atoms with van der Waals surface area (Å²) in [6, 6.07) is 33.3. The molecular formula is C40H43N3O7. The molecule has 0 heterocycles. The molecule has 10 heteroatoms. The van der Waals surface area contributed by atoms with Gasteiger partial charge in [0.2, 0.25) is 17.7 Å². The van der Waals surface area contributed by atoms with Gasteiger partial charge < -0.3 is 30.1 Å². The second-order valence-corrected chi connectivity index (χ2v) is 12.5. The molecule has 0 spiro atoms. The van der Waals surface area contributed by atoms with Crippen LogP contribution in [-0.2, 0) is 32.3 Å². The maximum Gasteiger partial charge on any atom is 0.308 e. The van der Waals surface area contributed by atoms with Gasteiger partial charge in [0.25, 0.3) is 0 Å². The molecule has 4 aromatic carbocycles. The predicted octanol–water partition coefficient (Wildman–Crippen LogP) is 6.50. The highest BCUT2D eigenvalue weighted by Crippen LogP contribution is 2.48. The molecule has 260 valence electrons. The topological polar surface area (TPSA) is 139 Å². The van der Waals surface area contributed by atoms with Gasteiger partial charge in [-0.15, -0.1) is 0 Å². The molecule has 3 amide bonds. The Hall–Kier alpha value is -5.64. The standard InChI is InChI=1S/C40H43N3O7/c1-3-23-42(25-27-15-19-31(20-16-27)49-29-11-7-5-8-12-29)38(45)34-33(37(41)44)36(40(47)48)35(34)39(46)43(24-4-2)26-28-17-21-32(22-18-28)50-30-13-9-6-10-14-30/h5-22,33-36H,3-4,23-26H2,1-2H3,(H2,41,44)(H,47,48)/t33-,34+,35-,36+/m1/s1. The van der Waals surface area contributed by atoms with Gasteiger partial charge in [-0.3, -0.25) is 19.2 Å². The average molecular weight is 678 g/mol. The summed E-state index contributed by atoms with van der Waals surface area (Å²) in [6.45, 7) is 4.92. The third kappa shape index (κ3) is 8.49. The molecule has 4 aromatic rings. The summed E-state index contributed by atoms with van der Waals surface area (Å²) in [5, 5.41) is 10.2. The van der Waals surface area contributed by atoms with E-state index < -0.39 is 47.4 Å². The molecular weight excluding hydrogens is 634 g/mol. The van der Waals surface area contributed by atoms with E-state index in [0.717, 1.165) is 11.1 Å². The van der Waals surface area contributed by atoms with E-state index in [1.807, 2.05) is 111 Å². The van der Waals surface area contributed by atoms with Crippen molar-refractivity contribution in [2.45, 2.75) is 39.8 Å². The van der Waals surface area contributed by atoms with E-state index in [1.165, 1.54) is 0 Å². The second-order valence-electron chi connectivity index (χ2n) is 12.5. The monoisotopic (exact) mass is 677 g/mol. The predicted molar refractivity (Wildman–Crippen MR) is 188 cm³/mol. The van der Waals surface area contributed by atoms with Crippen LogP contribution in [0.2, 0.25) is 0 Å². The van der Waals surface area contributed by atoms with Crippen LogP contribution >= 0.6 is 0 Å². The van der Waals surface area contributed by atoms with Crippen LogP contribution < -0.4 is 15.2 Å². The maximum absolute atomic E-state index is 14.3. The zero-order valence-electron chi connectivity index (χ0n) is 28.3. The van der Waals surface area contributed by atoms with Gasteiger partial charge in [0.05, 0.1) is 23.7 Å². The van der Waals surface area contributed by atoms with Crippen molar-refractivity contribution < 1.29 is 33.8 Å². The maximum atomic E-state index is 14.3. The summed E-state index contributed by atoms with van der Waals surface area (Å²) in [7, 11) is 0. The van der Waals surface area contributed by atoms with Crippen molar-refractivity contribution in [3.05, 3.63) is 120 Å². The first-order valence-corrected chi connectivity index (χ1v) is 16.9. The van der Waals surface area contributed by atoms with Crippen LogP contribution in [0.1, 0.15) is 37.8 Å². The van der Waals surface area contributed by atoms with Crippen molar-refractivity contribution in [1.82, 2.24) is 9.80 Å². The molecule has 1 aliphatic rings. The molecule has 0 aromatic heterocycles. The van der Waals surface area contributed by atoms with Crippen LogP contribution in [-0.4, -0.2) is 51.7 Å². The van der Waals surface area contributed by atoms with Gasteiger partial charge in [-0.05, 0) is 72.5 Å². The van der Waals surface area contributed by atoms with Gasteiger partial charge in [-0.25, -0.2) is 0 Å². The third-order valence-electron chi connectivity index (χ3n) is 8.89. The van der Waals surface area contributed by atoms with Crippen molar-refractivity contribution in [1.29, 1.82) is 0 Å². The Balaban J connectivity index is 1.35.